The summed E-state index contributed by atoms with van der Waals surface area (Å²) in [5, 5.41) is 9.06. The normalized spacial score (nSPS) is 11.2. The van der Waals surface area contributed by atoms with Gasteiger partial charge in [0.2, 0.25) is 0 Å². The summed E-state index contributed by atoms with van der Waals surface area (Å²) in [6, 6.07) is 13.2. The lowest BCUT2D eigenvalue weighted by Crippen LogP contribution is -2.44. The lowest BCUT2D eigenvalue weighted by atomic mass is 10.0. The monoisotopic (exact) mass is 398 g/mol. The number of aromatic nitrogens is 3. The number of hydrogen-bond donors (Lipinski definition) is 1. The van der Waals surface area contributed by atoms with Crippen LogP contribution in [0, 0.1) is 0 Å². The van der Waals surface area contributed by atoms with Gasteiger partial charge in [-0.1, -0.05) is 31.2 Å². The molecule has 146 valence electrons. The first kappa shape index (κ1) is 19.8. The average Bonchev–Trinajstić information content (AvgIpc) is 3.36. The number of hydrogen-bond acceptors (Lipinski definition) is 6. The van der Waals surface area contributed by atoms with E-state index in [1.54, 1.807) is 4.68 Å². The van der Waals surface area contributed by atoms with Crippen LogP contribution in [0.1, 0.15) is 37.8 Å². The third kappa shape index (κ3) is 4.64. The van der Waals surface area contributed by atoms with Crippen molar-refractivity contribution in [3.05, 3.63) is 53.7 Å². The number of benzene rings is 1. The second-order valence-corrected chi connectivity index (χ2v) is 7.79. The average molecular weight is 398 g/mol. The van der Waals surface area contributed by atoms with Crippen molar-refractivity contribution in [2.45, 2.75) is 32.7 Å². The third-order valence-electron chi connectivity index (χ3n) is 4.23. The van der Waals surface area contributed by atoms with Gasteiger partial charge in [-0.25, -0.2) is 9.48 Å². The van der Waals surface area contributed by atoms with E-state index in [0.29, 0.717) is 5.82 Å². The zero-order valence-corrected chi connectivity index (χ0v) is 16.8. The first-order chi connectivity index (χ1) is 13.4. The number of rotatable bonds is 7. The molecule has 0 radical (unpaired) electrons. The molecule has 0 spiro atoms. The molecule has 0 saturated heterocycles. The molecule has 2 aromatic heterocycles. The molecule has 0 unspecified atom stereocenters. The third-order valence-corrected chi connectivity index (χ3v) is 5.09. The molecule has 0 aliphatic rings. The molecule has 0 bridgehead atoms. The molecule has 28 heavy (non-hydrogen) atoms. The maximum absolute atomic E-state index is 12.4. The summed E-state index contributed by atoms with van der Waals surface area (Å²) in [7, 11) is 0. The molecule has 3 aromatic rings. The number of amides is 1. The summed E-state index contributed by atoms with van der Waals surface area (Å²) < 4.78 is 6.72. The summed E-state index contributed by atoms with van der Waals surface area (Å²) in [4.78, 5) is 29.6. The minimum atomic E-state index is -0.739. The molecule has 8 heteroatoms. The van der Waals surface area contributed by atoms with Crippen molar-refractivity contribution in [2.24, 2.45) is 0 Å². The molecule has 0 atom stereocenters. The van der Waals surface area contributed by atoms with Crippen molar-refractivity contribution < 1.29 is 14.3 Å². The highest BCUT2D eigenvalue weighted by Gasteiger charge is 2.23. The molecular formula is C20H22N4O3S. The van der Waals surface area contributed by atoms with Gasteiger partial charge in [0, 0.05) is 5.54 Å². The van der Waals surface area contributed by atoms with E-state index in [9.17, 15) is 9.59 Å². The van der Waals surface area contributed by atoms with Crippen molar-refractivity contribution in [1.29, 1.82) is 0 Å². The largest absolute Gasteiger partial charge is 0.450 e. The smallest absolute Gasteiger partial charge is 0.378 e. The van der Waals surface area contributed by atoms with E-state index in [1.807, 2.05) is 68.6 Å². The van der Waals surface area contributed by atoms with Crippen LogP contribution in [0.2, 0.25) is 0 Å². The standard InChI is InChI=1S/C20H22N4O3S/c1-4-20(2,3)22-16(25)13-27-19(26)17-21-18(15-11-8-12-28-15)24(23-17)14-9-6-5-7-10-14/h5-12H,4,13H2,1-3H3,(H,22,25). The van der Waals surface area contributed by atoms with E-state index >= 15 is 0 Å². The number of carbonyl (C=O) groups is 2. The van der Waals surface area contributed by atoms with Gasteiger partial charge in [0.05, 0.1) is 10.6 Å². The number of esters is 1. The Morgan fingerprint density at radius 2 is 1.93 bits per heavy atom. The van der Waals surface area contributed by atoms with Gasteiger partial charge in [0.1, 0.15) is 0 Å². The lowest BCUT2D eigenvalue weighted by Gasteiger charge is -2.24. The van der Waals surface area contributed by atoms with Crippen LogP contribution in [0.3, 0.4) is 0 Å². The Morgan fingerprint density at radius 1 is 1.18 bits per heavy atom. The fraction of sp³-hybridized carbons (Fsp3) is 0.300. The first-order valence-corrected chi connectivity index (χ1v) is 9.82. The van der Waals surface area contributed by atoms with Crippen LogP contribution < -0.4 is 5.32 Å². The quantitative estimate of drug-likeness (QED) is 0.616. The Kier molecular flexibility index (Phi) is 5.89. The second-order valence-electron chi connectivity index (χ2n) is 6.85. The van der Waals surface area contributed by atoms with Gasteiger partial charge in [-0.15, -0.1) is 16.4 Å². The SMILES string of the molecule is CCC(C)(C)NC(=O)COC(=O)c1nc(-c2cccs2)n(-c2ccccc2)n1. The van der Waals surface area contributed by atoms with Crippen LogP contribution >= 0.6 is 11.3 Å². The number of nitrogens with one attached hydrogen (secondary N) is 1. The summed E-state index contributed by atoms with van der Waals surface area (Å²) in [6.07, 6.45) is 0.764. The minimum Gasteiger partial charge on any atom is -0.450 e. The number of ether oxygens (including phenoxy) is 1. The van der Waals surface area contributed by atoms with Crippen LogP contribution in [0.15, 0.2) is 47.8 Å². The molecule has 0 fully saturated rings. The number of para-hydroxylation sites is 1. The summed E-state index contributed by atoms with van der Waals surface area (Å²) in [5.41, 5.74) is 0.420. The molecule has 2 heterocycles. The highest BCUT2D eigenvalue weighted by molar-refractivity contribution is 7.13. The van der Waals surface area contributed by atoms with Crippen molar-refractivity contribution in [3.63, 3.8) is 0 Å². The summed E-state index contributed by atoms with van der Waals surface area (Å²) in [6.45, 7) is 5.40. The summed E-state index contributed by atoms with van der Waals surface area (Å²) >= 11 is 1.50. The molecule has 1 N–H and O–H groups in total. The predicted octanol–water partition coefficient (Wildman–Crippen LogP) is 3.46. The number of thiophene rings is 1. The van der Waals surface area contributed by atoms with E-state index in [0.717, 1.165) is 17.0 Å². The van der Waals surface area contributed by atoms with Gasteiger partial charge in [-0.3, -0.25) is 4.79 Å². The van der Waals surface area contributed by atoms with E-state index in [4.69, 9.17) is 4.74 Å². The van der Waals surface area contributed by atoms with Gasteiger partial charge in [-0.05, 0) is 43.8 Å². The molecule has 3 rings (SSSR count). The Labute approximate surface area is 167 Å². The Bertz CT molecular complexity index is 949. The van der Waals surface area contributed by atoms with Crippen LogP contribution in [0.25, 0.3) is 16.4 Å². The second kappa shape index (κ2) is 8.35. The van der Waals surface area contributed by atoms with Crippen molar-refractivity contribution in [3.8, 4) is 16.4 Å². The maximum Gasteiger partial charge on any atom is 0.378 e. The minimum absolute atomic E-state index is 0.0881. The van der Waals surface area contributed by atoms with Gasteiger partial charge in [0.15, 0.2) is 12.4 Å². The maximum atomic E-state index is 12.4. The van der Waals surface area contributed by atoms with E-state index in [-0.39, 0.29) is 23.9 Å². The van der Waals surface area contributed by atoms with Gasteiger partial charge < -0.3 is 10.1 Å². The number of carbonyl (C=O) groups excluding carboxylic acids is 2. The number of nitrogens with zero attached hydrogens (tertiary/aromatic N) is 3. The van der Waals surface area contributed by atoms with E-state index < -0.39 is 5.97 Å². The molecule has 7 nitrogen and oxygen atoms in total. The lowest BCUT2D eigenvalue weighted by molar-refractivity contribution is -0.125. The van der Waals surface area contributed by atoms with Crippen LogP contribution in [0.5, 0.6) is 0 Å². The van der Waals surface area contributed by atoms with Gasteiger partial charge in [0.25, 0.3) is 11.7 Å². The van der Waals surface area contributed by atoms with Crippen LogP contribution in [0.4, 0.5) is 0 Å². The van der Waals surface area contributed by atoms with Crippen molar-refractivity contribution in [2.75, 3.05) is 6.61 Å². The fourth-order valence-electron chi connectivity index (χ4n) is 2.41. The molecule has 1 amide bonds. The van der Waals surface area contributed by atoms with Crippen molar-refractivity contribution in [1.82, 2.24) is 20.1 Å². The fourth-order valence-corrected chi connectivity index (χ4v) is 3.11. The molecule has 1 aromatic carbocycles. The predicted molar refractivity (Wildman–Crippen MR) is 107 cm³/mol. The first-order valence-electron chi connectivity index (χ1n) is 8.94. The zero-order valence-electron chi connectivity index (χ0n) is 16.0. The van der Waals surface area contributed by atoms with E-state index in [2.05, 4.69) is 15.4 Å². The summed E-state index contributed by atoms with van der Waals surface area (Å²) in [5.74, 6) is -0.641. The highest BCUT2D eigenvalue weighted by Crippen LogP contribution is 2.25. The molecular weight excluding hydrogens is 376 g/mol. The Balaban J connectivity index is 1.79. The van der Waals surface area contributed by atoms with Crippen molar-refractivity contribution >= 4 is 23.2 Å². The van der Waals surface area contributed by atoms with Crippen LogP contribution in [-0.4, -0.2) is 38.8 Å². The highest BCUT2D eigenvalue weighted by atomic mass is 32.1. The van der Waals surface area contributed by atoms with Gasteiger partial charge >= 0.3 is 5.97 Å². The molecule has 0 aliphatic carbocycles. The zero-order chi connectivity index (χ0) is 20.1. The molecule has 0 aliphatic heterocycles. The Morgan fingerprint density at radius 3 is 2.57 bits per heavy atom. The van der Waals surface area contributed by atoms with E-state index in [1.165, 1.54) is 11.3 Å². The Hall–Kier alpha value is -3.00. The topological polar surface area (TPSA) is 86.1 Å². The van der Waals surface area contributed by atoms with Gasteiger partial charge in [-0.2, -0.15) is 4.98 Å². The van der Waals surface area contributed by atoms with Crippen LogP contribution in [-0.2, 0) is 9.53 Å². The molecule has 0 saturated carbocycles.